The van der Waals surface area contributed by atoms with Gasteiger partial charge in [0.2, 0.25) is 5.89 Å². The van der Waals surface area contributed by atoms with Gasteiger partial charge in [0.05, 0.1) is 6.04 Å². The largest absolute Gasteiger partial charge is 0.439 e. The molecule has 2 heterocycles. The van der Waals surface area contributed by atoms with Gasteiger partial charge in [-0.2, -0.15) is 0 Å². The third-order valence-corrected chi connectivity index (χ3v) is 3.59. The predicted molar refractivity (Wildman–Crippen MR) is 67.9 cm³/mol. The van der Waals surface area contributed by atoms with E-state index in [1.54, 1.807) is 0 Å². The summed E-state index contributed by atoms with van der Waals surface area (Å²) in [4.78, 5) is 4.60. The normalized spacial score (nSPS) is 25.3. The van der Waals surface area contributed by atoms with Gasteiger partial charge in [-0.05, 0) is 43.9 Å². The molecule has 2 aromatic rings. The van der Waals surface area contributed by atoms with Crippen LogP contribution in [0, 0.1) is 12.8 Å². The molecule has 17 heavy (non-hydrogen) atoms. The molecular weight excluding hydrogens is 212 g/mol. The van der Waals surface area contributed by atoms with Crippen molar-refractivity contribution < 1.29 is 4.42 Å². The maximum absolute atomic E-state index is 5.91. The van der Waals surface area contributed by atoms with Crippen LogP contribution in [0.25, 0.3) is 11.1 Å². The molecule has 3 rings (SSSR count). The Hall–Kier alpha value is -1.35. The molecule has 1 fully saturated rings. The summed E-state index contributed by atoms with van der Waals surface area (Å²) in [5, 5.41) is 3.49. The predicted octanol–water partition coefficient (Wildman–Crippen LogP) is 3.20. The van der Waals surface area contributed by atoms with Crippen LogP contribution in [-0.4, -0.2) is 11.5 Å². The van der Waals surface area contributed by atoms with Gasteiger partial charge in [0.15, 0.2) is 5.58 Å². The summed E-state index contributed by atoms with van der Waals surface area (Å²) in [6.45, 7) is 5.42. The van der Waals surface area contributed by atoms with Crippen LogP contribution in [-0.2, 0) is 0 Å². The number of oxazole rings is 1. The smallest absolute Gasteiger partial charge is 0.212 e. The van der Waals surface area contributed by atoms with Crippen LogP contribution in [0.1, 0.15) is 37.3 Å². The van der Waals surface area contributed by atoms with Gasteiger partial charge < -0.3 is 9.73 Å². The quantitative estimate of drug-likeness (QED) is 0.817. The van der Waals surface area contributed by atoms with Gasteiger partial charge in [0, 0.05) is 0 Å². The van der Waals surface area contributed by atoms with Gasteiger partial charge in [0.1, 0.15) is 5.52 Å². The first-order valence-electron chi connectivity index (χ1n) is 6.33. The lowest BCUT2D eigenvalue weighted by Crippen LogP contribution is -2.30. The minimum Gasteiger partial charge on any atom is -0.439 e. The Morgan fingerprint density at radius 2 is 2.29 bits per heavy atom. The summed E-state index contributed by atoms with van der Waals surface area (Å²) < 4.78 is 5.91. The van der Waals surface area contributed by atoms with Crippen molar-refractivity contribution in [1.82, 2.24) is 10.3 Å². The van der Waals surface area contributed by atoms with Crippen molar-refractivity contribution >= 4 is 11.1 Å². The van der Waals surface area contributed by atoms with Gasteiger partial charge in [-0.1, -0.05) is 19.1 Å². The topological polar surface area (TPSA) is 38.1 Å². The molecule has 2 atom stereocenters. The number of aryl methyl sites for hydroxylation is 1. The molecule has 1 aromatic heterocycles. The third kappa shape index (κ3) is 1.95. The van der Waals surface area contributed by atoms with E-state index in [4.69, 9.17) is 4.42 Å². The highest BCUT2D eigenvalue weighted by Crippen LogP contribution is 2.29. The highest BCUT2D eigenvalue weighted by Gasteiger charge is 2.24. The van der Waals surface area contributed by atoms with E-state index in [0.717, 1.165) is 41.4 Å². The van der Waals surface area contributed by atoms with E-state index in [2.05, 4.69) is 30.2 Å². The van der Waals surface area contributed by atoms with E-state index in [0.29, 0.717) is 0 Å². The number of fused-ring (bicyclic) bond motifs is 1. The number of para-hydroxylation sites is 1. The highest BCUT2D eigenvalue weighted by molar-refractivity contribution is 5.76. The molecule has 0 spiro atoms. The molecule has 0 radical (unpaired) electrons. The Morgan fingerprint density at radius 3 is 3.06 bits per heavy atom. The molecule has 1 saturated heterocycles. The number of benzene rings is 1. The summed E-state index contributed by atoms with van der Waals surface area (Å²) in [6, 6.07) is 6.39. The highest BCUT2D eigenvalue weighted by atomic mass is 16.3. The number of piperidine rings is 1. The molecule has 3 heteroatoms. The number of hydrogen-bond donors (Lipinski definition) is 1. The van der Waals surface area contributed by atoms with Gasteiger partial charge in [-0.15, -0.1) is 0 Å². The zero-order valence-electron chi connectivity index (χ0n) is 10.4. The molecule has 0 bridgehead atoms. The Labute approximate surface area is 101 Å². The van der Waals surface area contributed by atoms with E-state index in [1.807, 2.05) is 12.1 Å². The summed E-state index contributed by atoms with van der Waals surface area (Å²) in [5.41, 5.74) is 3.06. The molecule has 3 nitrogen and oxygen atoms in total. The fourth-order valence-electron chi connectivity index (χ4n) is 2.55. The first-order chi connectivity index (χ1) is 8.24. The summed E-state index contributed by atoms with van der Waals surface area (Å²) in [5.74, 6) is 1.60. The Kier molecular flexibility index (Phi) is 2.63. The lowest BCUT2D eigenvalue weighted by atomic mass is 9.94. The number of aromatic nitrogens is 1. The minimum atomic E-state index is 0.283. The van der Waals surface area contributed by atoms with Crippen LogP contribution in [0.2, 0.25) is 0 Å². The molecule has 2 unspecified atom stereocenters. The van der Waals surface area contributed by atoms with E-state index in [9.17, 15) is 0 Å². The number of nitrogens with one attached hydrogen (secondary N) is 1. The third-order valence-electron chi connectivity index (χ3n) is 3.59. The van der Waals surface area contributed by atoms with E-state index >= 15 is 0 Å². The van der Waals surface area contributed by atoms with Gasteiger partial charge in [0.25, 0.3) is 0 Å². The second kappa shape index (κ2) is 4.15. The van der Waals surface area contributed by atoms with Crippen molar-refractivity contribution in [2.24, 2.45) is 5.92 Å². The van der Waals surface area contributed by atoms with Crippen molar-refractivity contribution in [3.05, 3.63) is 29.7 Å². The second-order valence-electron chi connectivity index (χ2n) is 5.11. The summed E-state index contributed by atoms with van der Waals surface area (Å²) >= 11 is 0. The molecule has 1 N–H and O–H groups in total. The van der Waals surface area contributed by atoms with E-state index in [1.165, 1.54) is 6.42 Å². The standard InChI is InChI=1S/C14H18N2O/c1-9-6-7-15-12(8-9)14-16-11-5-3-4-10(2)13(11)17-14/h3-5,9,12,15H,6-8H2,1-2H3. The molecule has 90 valence electrons. The first kappa shape index (κ1) is 10.8. The summed E-state index contributed by atoms with van der Waals surface area (Å²) in [6.07, 6.45) is 2.36. The maximum Gasteiger partial charge on any atom is 0.212 e. The minimum absolute atomic E-state index is 0.283. The van der Waals surface area contributed by atoms with Crippen molar-refractivity contribution in [3.63, 3.8) is 0 Å². The maximum atomic E-state index is 5.91. The van der Waals surface area contributed by atoms with Crippen LogP contribution in [0.4, 0.5) is 0 Å². The average molecular weight is 230 g/mol. The van der Waals surface area contributed by atoms with Crippen LogP contribution >= 0.6 is 0 Å². The van der Waals surface area contributed by atoms with Crippen molar-refractivity contribution in [2.45, 2.75) is 32.7 Å². The van der Waals surface area contributed by atoms with Crippen molar-refractivity contribution in [2.75, 3.05) is 6.54 Å². The van der Waals surface area contributed by atoms with Crippen LogP contribution in [0.3, 0.4) is 0 Å². The molecule has 1 aliphatic rings. The molecule has 0 saturated carbocycles. The average Bonchev–Trinajstić information content (AvgIpc) is 2.74. The molecule has 0 amide bonds. The Bertz CT molecular complexity index is 532. The van der Waals surface area contributed by atoms with Crippen molar-refractivity contribution in [3.8, 4) is 0 Å². The molecule has 1 aromatic carbocycles. The second-order valence-corrected chi connectivity index (χ2v) is 5.11. The number of hydrogen-bond acceptors (Lipinski definition) is 3. The molecule has 1 aliphatic heterocycles. The monoisotopic (exact) mass is 230 g/mol. The lowest BCUT2D eigenvalue weighted by Gasteiger charge is -2.25. The fourth-order valence-corrected chi connectivity index (χ4v) is 2.55. The molecule has 0 aliphatic carbocycles. The Balaban J connectivity index is 1.97. The first-order valence-corrected chi connectivity index (χ1v) is 6.33. The van der Waals surface area contributed by atoms with Gasteiger partial charge in [-0.25, -0.2) is 4.98 Å². The fraction of sp³-hybridized carbons (Fsp3) is 0.500. The zero-order chi connectivity index (χ0) is 11.8. The van der Waals surface area contributed by atoms with Gasteiger partial charge in [-0.3, -0.25) is 0 Å². The zero-order valence-corrected chi connectivity index (χ0v) is 10.4. The lowest BCUT2D eigenvalue weighted by molar-refractivity contribution is 0.287. The van der Waals surface area contributed by atoms with Crippen LogP contribution in [0.15, 0.2) is 22.6 Å². The SMILES string of the molecule is Cc1cccc2nc(C3CC(C)CCN3)oc12. The van der Waals surface area contributed by atoms with Crippen molar-refractivity contribution in [1.29, 1.82) is 0 Å². The van der Waals surface area contributed by atoms with E-state index in [-0.39, 0.29) is 6.04 Å². The van der Waals surface area contributed by atoms with E-state index < -0.39 is 0 Å². The van der Waals surface area contributed by atoms with Crippen LogP contribution in [0.5, 0.6) is 0 Å². The van der Waals surface area contributed by atoms with Gasteiger partial charge >= 0.3 is 0 Å². The van der Waals surface area contributed by atoms with Crippen LogP contribution < -0.4 is 5.32 Å². The Morgan fingerprint density at radius 1 is 1.41 bits per heavy atom. The molecular formula is C14H18N2O. The number of rotatable bonds is 1. The number of nitrogens with zero attached hydrogens (tertiary/aromatic N) is 1. The summed E-state index contributed by atoms with van der Waals surface area (Å²) in [7, 11) is 0.